The van der Waals surface area contributed by atoms with E-state index >= 15 is 0 Å². The summed E-state index contributed by atoms with van der Waals surface area (Å²) in [5.41, 5.74) is -1.49. The van der Waals surface area contributed by atoms with Crippen molar-refractivity contribution < 1.29 is 15.1 Å². The van der Waals surface area contributed by atoms with Crippen molar-refractivity contribution in [2.75, 3.05) is 0 Å². The topological polar surface area (TPSA) is 154 Å². The summed E-state index contributed by atoms with van der Waals surface area (Å²) in [6.45, 7) is 3.16. The van der Waals surface area contributed by atoms with E-state index in [0.717, 1.165) is 22.8 Å². The highest BCUT2D eigenvalue weighted by Gasteiger charge is 2.19. The third kappa shape index (κ3) is 3.82. The van der Waals surface area contributed by atoms with Crippen LogP contribution in [-0.4, -0.2) is 19.7 Å². The van der Waals surface area contributed by atoms with Gasteiger partial charge >= 0.3 is 0 Å². The van der Waals surface area contributed by atoms with Crippen LogP contribution in [0.1, 0.15) is 18.1 Å². The lowest BCUT2D eigenvalue weighted by atomic mass is 10.1. The summed E-state index contributed by atoms with van der Waals surface area (Å²) in [6.07, 6.45) is 3.27. The highest BCUT2D eigenvalue weighted by atomic mass is 16.6. The van der Waals surface area contributed by atoms with Crippen molar-refractivity contribution in [2.24, 2.45) is 10.2 Å². The van der Waals surface area contributed by atoms with E-state index in [9.17, 15) is 30.4 Å². The molecule has 0 fully saturated rings. The molecule has 2 N–H and O–H groups in total. The number of aromatic hydroxyl groups is 2. The Morgan fingerprint density at radius 3 is 2.67 bits per heavy atom. The lowest BCUT2D eigenvalue weighted by Gasteiger charge is -2.11. The van der Waals surface area contributed by atoms with Gasteiger partial charge in [0.1, 0.15) is 23.1 Å². The van der Waals surface area contributed by atoms with Crippen LogP contribution in [0.3, 0.4) is 0 Å². The van der Waals surface area contributed by atoms with Crippen LogP contribution < -0.4 is 5.56 Å². The number of nitro groups is 1. The molecule has 2 rings (SSSR count). The van der Waals surface area contributed by atoms with Crippen LogP contribution in [0.25, 0.3) is 0 Å². The summed E-state index contributed by atoms with van der Waals surface area (Å²) >= 11 is 0. The van der Waals surface area contributed by atoms with E-state index in [1.165, 1.54) is 6.92 Å². The monoisotopic (exact) mass is 369 g/mol. The Labute approximate surface area is 153 Å². The molecule has 0 saturated heterocycles. The van der Waals surface area contributed by atoms with Crippen LogP contribution in [0.15, 0.2) is 45.4 Å². The second-order valence-electron chi connectivity index (χ2n) is 5.40. The van der Waals surface area contributed by atoms with Crippen molar-refractivity contribution >= 4 is 17.1 Å². The number of pyridine rings is 1. The molecular formula is C17H15N5O5. The summed E-state index contributed by atoms with van der Waals surface area (Å²) in [5.74, 6) is -0.856. The normalized spacial score (nSPS) is 11.1. The number of hydrogen-bond donors (Lipinski definition) is 2. The van der Waals surface area contributed by atoms with Gasteiger partial charge < -0.3 is 10.2 Å². The summed E-state index contributed by atoms with van der Waals surface area (Å²) in [5, 5.41) is 47.5. The number of nitriles is 1. The van der Waals surface area contributed by atoms with E-state index < -0.39 is 16.4 Å². The van der Waals surface area contributed by atoms with E-state index in [1.54, 1.807) is 19.1 Å². The first kappa shape index (κ1) is 19.3. The number of nitrogens with zero attached hydrogens (tertiary/aromatic N) is 5. The third-order valence-corrected chi connectivity index (χ3v) is 3.72. The molecule has 0 aliphatic heterocycles. The van der Waals surface area contributed by atoms with Crippen LogP contribution >= 0.6 is 0 Å². The van der Waals surface area contributed by atoms with Gasteiger partial charge in [-0.15, -0.1) is 10.2 Å². The fourth-order valence-electron chi connectivity index (χ4n) is 2.25. The molecule has 138 valence electrons. The number of nitro benzene ring substituents is 1. The third-order valence-electron chi connectivity index (χ3n) is 3.72. The Hall–Kier alpha value is -4.00. The van der Waals surface area contributed by atoms with Crippen LogP contribution in [0.2, 0.25) is 0 Å². The van der Waals surface area contributed by atoms with E-state index in [2.05, 4.69) is 10.2 Å². The number of phenolic OH excluding ortho intramolecular Hbond substituents is 1. The minimum Gasteiger partial charge on any atom is -0.506 e. The molecule has 10 nitrogen and oxygen atoms in total. The quantitative estimate of drug-likeness (QED) is 0.356. The largest absolute Gasteiger partial charge is 0.506 e. The molecule has 0 amide bonds. The maximum absolute atomic E-state index is 12.6. The average Bonchev–Trinajstić information content (AvgIpc) is 2.63. The molecule has 0 radical (unpaired) electrons. The van der Waals surface area contributed by atoms with Gasteiger partial charge in [-0.2, -0.15) is 5.26 Å². The van der Waals surface area contributed by atoms with Crippen molar-refractivity contribution in [3.05, 3.63) is 61.9 Å². The zero-order valence-electron chi connectivity index (χ0n) is 14.4. The van der Waals surface area contributed by atoms with Crippen LogP contribution in [0, 0.1) is 28.4 Å². The Balaban J connectivity index is 2.64. The van der Waals surface area contributed by atoms with Gasteiger partial charge in [0.25, 0.3) is 11.2 Å². The number of benzene rings is 1. The lowest BCUT2D eigenvalue weighted by Crippen LogP contribution is -2.21. The first-order valence-corrected chi connectivity index (χ1v) is 7.68. The standard InChI is InChI=1S/C17H15N5O5/c1-3-4-7-21-16(24)12(9-18)10(2)15(17(21)25)20-19-13-8-11(22(26)27)5-6-14(13)23/h3-6,8,23-24H,7H2,1-2H3/b4-3-,20-19?. The zero-order chi connectivity index (χ0) is 20.1. The molecule has 0 spiro atoms. The molecule has 0 atom stereocenters. The van der Waals surface area contributed by atoms with Gasteiger partial charge in [-0.1, -0.05) is 12.2 Å². The van der Waals surface area contributed by atoms with Crippen molar-refractivity contribution in [3.63, 3.8) is 0 Å². The molecule has 0 bridgehead atoms. The highest BCUT2D eigenvalue weighted by Crippen LogP contribution is 2.32. The lowest BCUT2D eigenvalue weighted by molar-refractivity contribution is -0.384. The Kier molecular flexibility index (Phi) is 5.67. The van der Waals surface area contributed by atoms with Gasteiger partial charge in [0.05, 0.1) is 4.92 Å². The predicted octanol–water partition coefficient (Wildman–Crippen LogP) is 3.34. The van der Waals surface area contributed by atoms with Crippen LogP contribution in [-0.2, 0) is 6.54 Å². The van der Waals surface area contributed by atoms with Gasteiger partial charge in [-0.25, -0.2) is 0 Å². The van der Waals surface area contributed by atoms with Crippen molar-refractivity contribution in [2.45, 2.75) is 20.4 Å². The molecule has 1 aromatic heterocycles. The number of allylic oxidation sites excluding steroid dienone is 2. The van der Waals surface area contributed by atoms with Gasteiger partial charge in [-0.05, 0) is 19.9 Å². The average molecular weight is 369 g/mol. The summed E-state index contributed by atoms with van der Waals surface area (Å²) in [4.78, 5) is 22.8. The number of azo groups is 1. The zero-order valence-corrected chi connectivity index (χ0v) is 14.4. The number of aromatic nitrogens is 1. The smallest absolute Gasteiger partial charge is 0.281 e. The molecule has 0 aliphatic carbocycles. The van der Waals surface area contributed by atoms with Crippen molar-refractivity contribution in [1.29, 1.82) is 5.26 Å². The Morgan fingerprint density at radius 2 is 2.07 bits per heavy atom. The second kappa shape index (κ2) is 7.92. The van der Waals surface area contributed by atoms with Crippen molar-refractivity contribution in [3.8, 4) is 17.7 Å². The van der Waals surface area contributed by atoms with E-state index in [1.807, 2.05) is 6.07 Å². The van der Waals surface area contributed by atoms with Gasteiger partial charge in [-0.3, -0.25) is 19.5 Å². The molecule has 27 heavy (non-hydrogen) atoms. The van der Waals surface area contributed by atoms with Crippen LogP contribution in [0.5, 0.6) is 11.6 Å². The van der Waals surface area contributed by atoms with Gasteiger partial charge in [0.2, 0.25) is 5.88 Å². The fourth-order valence-corrected chi connectivity index (χ4v) is 2.25. The van der Waals surface area contributed by atoms with Crippen molar-refractivity contribution in [1.82, 2.24) is 4.57 Å². The number of rotatable bonds is 5. The van der Waals surface area contributed by atoms with E-state index in [0.29, 0.717) is 0 Å². The number of phenols is 1. The predicted molar refractivity (Wildman–Crippen MR) is 95.6 cm³/mol. The van der Waals surface area contributed by atoms with Gasteiger partial charge in [0, 0.05) is 24.2 Å². The highest BCUT2D eigenvalue weighted by molar-refractivity contribution is 5.59. The van der Waals surface area contributed by atoms with Crippen LogP contribution in [0.4, 0.5) is 17.1 Å². The summed E-state index contributed by atoms with van der Waals surface area (Å²) < 4.78 is 0.952. The first-order valence-electron chi connectivity index (χ1n) is 7.68. The maximum Gasteiger partial charge on any atom is 0.281 e. The molecule has 10 heteroatoms. The Bertz CT molecular complexity index is 1060. The minimum atomic E-state index is -0.698. The molecule has 1 aromatic carbocycles. The SMILES string of the molecule is C/C=C\Cn1c(O)c(C#N)c(C)c(N=Nc2cc([N+](=O)[O-])ccc2O)c1=O. The second-order valence-corrected chi connectivity index (χ2v) is 5.40. The molecule has 2 aromatic rings. The van der Waals surface area contributed by atoms with Gasteiger partial charge in [0.15, 0.2) is 5.69 Å². The first-order chi connectivity index (χ1) is 12.8. The minimum absolute atomic E-state index is 0.0146. The van der Waals surface area contributed by atoms with E-state index in [4.69, 9.17) is 0 Å². The summed E-state index contributed by atoms with van der Waals surface area (Å²) in [6, 6.07) is 4.99. The number of hydrogen-bond acceptors (Lipinski definition) is 8. The maximum atomic E-state index is 12.6. The molecular weight excluding hydrogens is 354 g/mol. The molecule has 0 saturated carbocycles. The molecule has 1 heterocycles. The fraction of sp³-hybridized carbons (Fsp3) is 0.176. The molecule has 0 aliphatic rings. The number of non-ortho nitro benzene ring substituents is 1. The summed E-state index contributed by atoms with van der Waals surface area (Å²) in [7, 11) is 0. The van der Waals surface area contributed by atoms with E-state index in [-0.39, 0.29) is 40.5 Å². The Morgan fingerprint density at radius 1 is 1.37 bits per heavy atom. The molecule has 0 unspecified atom stereocenters.